The van der Waals surface area contributed by atoms with Crippen LogP contribution in [-0.4, -0.2) is 36.8 Å². The van der Waals surface area contributed by atoms with Gasteiger partial charge in [0.25, 0.3) is 0 Å². The van der Waals surface area contributed by atoms with E-state index in [0.29, 0.717) is 13.0 Å². The standard InChI is InChI=1S/C22H33NO2/c1-6-16-23(5)17-7-8-18-25-21-13-11-20(12-14-21)22(4,24)15-9-10-19(2)3/h6-8,10-14,24H,1,9,15-18H2,2-5H3/b8-7+. The second-order valence-corrected chi connectivity index (χ2v) is 6.91. The minimum Gasteiger partial charge on any atom is -0.490 e. The van der Waals surface area contributed by atoms with Crippen LogP contribution in [0.1, 0.15) is 39.2 Å². The molecular weight excluding hydrogens is 310 g/mol. The molecule has 0 saturated carbocycles. The molecule has 0 saturated heterocycles. The molecule has 0 aliphatic rings. The van der Waals surface area contributed by atoms with E-state index in [0.717, 1.165) is 30.8 Å². The lowest BCUT2D eigenvalue weighted by molar-refractivity contribution is 0.0487. The molecule has 1 unspecified atom stereocenters. The van der Waals surface area contributed by atoms with Crippen LogP contribution in [0.25, 0.3) is 0 Å². The molecule has 1 atom stereocenters. The van der Waals surface area contributed by atoms with Crippen LogP contribution < -0.4 is 4.74 Å². The van der Waals surface area contributed by atoms with Crippen molar-refractivity contribution < 1.29 is 9.84 Å². The Kier molecular flexibility index (Phi) is 9.25. The summed E-state index contributed by atoms with van der Waals surface area (Å²) in [6.07, 6.45) is 9.73. The normalized spacial score (nSPS) is 13.7. The van der Waals surface area contributed by atoms with Crippen molar-refractivity contribution in [3.63, 3.8) is 0 Å². The van der Waals surface area contributed by atoms with Crippen LogP contribution in [0.5, 0.6) is 5.75 Å². The zero-order valence-corrected chi connectivity index (χ0v) is 16.2. The van der Waals surface area contributed by atoms with Gasteiger partial charge in [-0.15, -0.1) is 6.58 Å². The Bertz CT molecular complexity index is 566. The van der Waals surface area contributed by atoms with E-state index >= 15 is 0 Å². The number of ether oxygens (including phenoxy) is 1. The predicted molar refractivity (Wildman–Crippen MR) is 107 cm³/mol. The van der Waals surface area contributed by atoms with Crippen molar-refractivity contribution in [3.05, 3.63) is 66.3 Å². The van der Waals surface area contributed by atoms with Crippen molar-refractivity contribution in [2.24, 2.45) is 0 Å². The number of hydrogen-bond donors (Lipinski definition) is 1. The zero-order chi connectivity index (χ0) is 18.7. The van der Waals surface area contributed by atoms with Crippen LogP contribution in [0.15, 0.2) is 60.7 Å². The smallest absolute Gasteiger partial charge is 0.119 e. The van der Waals surface area contributed by atoms with Crippen LogP contribution in [0.4, 0.5) is 0 Å². The summed E-state index contributed by atoms with van der Waals surface area (Å²) in [5, 5.41) is 10.6. The molecule has 0 bridgehead atoms. The fourth-order valence-corrected chi connectivity index (χ4v) is 2.46. The topological polar surface area (TPSA) is 32.7 Å². The van der Waals surface area contributed by atoms with Crippen molar-refractivity contribution in [3.8, 4) is 5.75 Å². The third-order valence-electron chi connectivity index (χ3n) is 4.03. The Morgan fingerprint density at radius 3 is 2.48 bits per heavy atom. The highest BCUT2D eigenvalue weighted by atomic mass is 16.5. The average molecular weight is 344 g/mol. The summed E-state index contributed by atoms with van der Waals surface area (Å²) >= 11 is 0. The fraction of sp³-hybridized carbons (Fsp3) is 0.455. The molecular formula is C22H33NO2. The van der Waals surface area contributed by atoms with Gasteiger partial charge in [0.2, 0.25) is 0 Å². The molecule has 0 aliphatic heterocycles. The minimum absolute atomic E-state index is 0.540. The van der Waals surface area contributed by atoms with Gasteiger partial charge in [-0.25, -0.2) is 0 Å². The summed E-state index contributed by atoms with van der Waals surface area (Å²) in [4.78, 5) is 2.16. The summed E-state index contributed by atoms with van der Waals surface area (Å²) in [5.41, 5.74) is 1.38. The molecule has 0 aromatic heterocycles. The first-order valence-electron chi connectivity index (χ1n) is 8.88. The predicted octanol–water partition coefficient (Wildman–Crippen LogP) is 4.69. The van der Waals surface area contributed by atoms with Gasteiger partial charge in [0.1, 0.15) is 12.4 Å². The largest absolute Gasteiger partial charge is 0.490 e. The molecule has 3 heteroatoms. The van der Waals surface area contributed by atoms with Gasteiger partial charge in [0, 0.05) is 13.1 Å². The monoisotopic (exact) mass is 343 g/mol. The molecule has 1 aromatic carbocycles. The Morgan fingerprint density at radius 2 is 1.88 bits per heavy atom. The lowest BCUT2D eigenvalue weighted by atomic mass is 9.91. The second kappa shape index (κ2) is 10.9. The second-order valence-electron chi connectivity index (χ2n) is 6.91. The van der Waals surface area contributed by atoms with Gasteiger partial charge in [-0.3, -0.25) is 4.90 Å². The molecule has 0 spiro atoms. The third kappa shape index (κ3) is 8.71. The summed E-state index contributed by atoms with van der Waals surface area (Å²) < 4.78 is 5.71. The number of benzene rings is 1. The van der Waals surface area contributed by atoms with E-state index in [4.69, 9.17) is 4.74 Å². The molecule has 0 fully saturated rings. The van der Waals surface area contributed by atoms with Crippen LogP contribution >= 0.6 is 0 Å². The van der Waals surface area contributed by atoms with E-state index in [1.54, 1.807) is 0 Å². The summed E-state index contributed by atoms with van der Waals surface area (Å²) in [6.45, 7) is 12.0. The summed E-state index contributed by atoms with van der Waals surface area (Å²) in [7, 11) is 2.05. The van der Waals surface area contributed by atoms with E-state index in [1.807, 2.05) is 43.3 Å². The van der Waals surface area contributed by atoms with Gasteiger partial charge in [0.15, 0.2) is 0 Å². The summed E-state index contributed by atoms with van der Waals surface area (Å²) in [6, 6.07) is 7.73. The summed E-state index contributed by atoms with van der Waals surface area (Å²) in [5.74, 6) is 0.813. The molecule has 1 rings (SSSR count). The van der Waals surface area contributed by atoms with E-state index in [2.05, 4.69) is 44.5 Å². The lowest BCUT2D eigenvalue weighted by Gasteiger charge is -2.23. The first kappa shape index (κ1) is 21.2. The Balaban J connectivity index is 2.46. The van der Waals surface area contributed by atoms with Gasteiger partial charge in [-0.05, 0) is 58.4 Å². The molecule has 138 valence electrons. The highest BCUT2D eigenvalue weighted by Crippen LogP contribution is 2.28. The van der Waals surface area contributed by atoms with Gasteiger partial charge >= 0.3 is 0 Å². The average Bonchev–Trinajstić information content (AvgIpc) is 2.54. The Hall–Kier alpha value is -1.84. The quantitative estimate of drug-likeness (QED) is 0.592. The van der Waals surface area contributed by atoms with Gasteiger partial charge in [-0.2, -0.15) is 0 Å². The first-order chi connectivity index (χ1) is 11.8. The Labute approximate surface area is 153 Å². The molecule has 25 heavy (non-hydrogen) atoms. The van der Waals surface area contributed by atoms with Crippen LogP contribution in [0, 0.1) is 0 Å². The molecule has 3 nitrogen and oxygen atoms in total. The lowest BCUT2D eigenvalue weighted by Crippen LogP contribution is -2.20. The number of nitrogens with zero attached hydrogens (tertiary/aromatic N) is 1. The number of aliphatic hydroxyl groups is 1. The molecule has 0 heterocycles. The highest BCUT2D eigenvalue weighted by molar-refractivity contribution is 5.30. The van der Waals surface area contributed by atoms with Gasteiger partial charge < -0.3 is 9.84 Å². The Morgan fingerprint density at radius 1 is 1.20 bits per heavy atom. The van der Waals surface area contributed by atoms with Crippen molar-refractivity contribution in [2.45, 2.75) is 39.2 Å². The molecule has 0 radical (unpaired) electrons. The van der Waals surface area contributed by atoms with Crippen LogP contribution in [-0.2, 0) is 5.60 Å². The van der Waals surface area contributed by atoms with E-state index in [9.17, 15) is 5.11 Å². The minimum atomic E-state index is -0.819. The maximum absolute atomic E-state index is 10.6. The molecule has 1 aromatic rings. The molecule has 1 N–H and O–H groups in total. The number of likely N-dealkylation sites (N-methyl/N-ethyl adjacent to an activating group) is 1. The van der Waals surface area contributed by atoms with Crippen molar-refractivity contribution in [1.29, 1.82) is 0 Å². The maximum Gasteiger partial charge on any atom is 0.119 e. The van der Waals surface area contributed by atoms with Crippen molar-refractivity contribution in [1.82, 2.24) is 4.90 Å². The number of allylic oxidation sites excluding steroid dienone is 2. The van der Waals surface area contributed by atoms with Crippen LogP contribution in [0.3, 0.4) is 0 Å². The number of hydrogen-bond acceptors (Lipinski definition) is 3. The SMILES string of the molecule is C=CCN(C)C/C=C/COc1ccc(C(C)(O)CCC=C(C)C)cc1. The molecule has 0 aliphatic carbocycles. The van der Waals surface area contributed by atoms with E-state index in [-0.39, 0.29) is 0 Å². The maximum atomic E-state index is 10.6. The van der Waals surface area contributed by atoms with Gasteiger partial charge in [0.05, 0.1) is 5.60 Å². The fourth-order valence-electron chi connectivity index (χ4n) is 2.46. The van der Waals surface area contributed by atoms with E-state index in [1.165, 1.54) is 5.57 Å². The third-order valence-corrected chi connectivity index (χ3v) is 4.03. The molecule has 0 amide bonds. The van der Waals surface area contributed by atoms with Crippen molar-refractivity contribution >= 4 is 0 Å². The first-order valence-corrected chi connectivity index (χ1v) is 8.88. The highest BCUT2D eigenvalue weighted by Gasteiger charge is 2.21. The zero-order valence-electron chi connectivity index (χ0n) is 16.2. The van der Waals surface area contributed by atoms with Gasteiger partial charge in [-0.1, -0.05) is 42.0 Å². The van der Waals surface area contributed by atoms with E-state index < -0.39 is 5.60 Å². The van der Waals surface area contributed by atoms with Crippen molar-refractivity contribution in [2.75, 3.05) is 26.7 Å². The van der Waals surface area contributed by atoms with Crippen LogP contribution in [0.2, 0.25) is 0 Å². The number of rotatable bonds is 11.